The first-order valence-corrected chi connectivity index (χ1v) is 10.2. The number of allylic oxidation sites excluding steroid dienone is 1. The van der Waals surface area contributed by atoms with Crippen LogP contribution < -0.4 is 5.32 Å². The summed E-state index contributed by atoms with van der Waals surface area (Å²) in [5, 5.41) is 2.98. The van der Waals surface area contributed by atoms with Crippen molar-refractivity contribution in [3.05, 3.63) is 46.9 Å². The Balaban J connectivity index is 1.64. The minimum Gasteiger partial charge on any atom is -0.351 e. The van der Waals surface area contributed by atoms with Crippen LogP contribution in [0.4, 0.5) is 16.2 Å². The molecule has 3 heterocycles. The Morgan fingerprint density at radius 2 is 2.00 bits per heavy atom. The maximum Gasteiger partial charge on any atom is 0.223 e. The summed E-state index contributed by atoms with van der Waals surface area (Å²) in [6.07, 6.45) is 6.61. The summed E-state index contributed by atoms with van der Waals surface area (Å²) in [5.41, 5.74) is 5.00. The third-order valence-corrected chi connectivity index (χ3v) is 6.24. The van der Waals surface area contributed by atoms with Crippen molar-refractivity contribution in [3.8, 4) is 0 Å². The number of alkyl halides is 1. The van der Waals surface area contributed by atoms with E-state index in [2.05, 4.69) is 60.1 Å². The molecule has 1 aliphatic heterocycles. The van der Waals surface area contributed by atoms with Gasteiger partial charge in [0.2, 0.25) is 5.95 Å². The largest absolute Gasteiger partial charge is 0.351 e. The molecular weight excluding hydrogens is 365 g/mol. The molecule has 0 aromatic carbocycles. The van der Waals surface area contributed by atoms with Gasteiger partial charge in [0.1, 0.15) is 5.67 Å². The summed E-state index contributed by atoms with van der Waals surface area (Å²) in [5.74, 6) is 1.71. The molecule has 0 radical (unpaired) electrons. The summed E-state index contributed by atoms with van der Waals surface area (Å²) < 4.78 is 13.7. The lowest BCUT2D eigenvalue weighted by atomic mass is 9.71. The minimum atomic E-state index is -1.31. The second-order valence-electron chi connectivity index (χ2n) is 9.10. The number of pyridine rings is 1. The van der Waals surface area contributed by atoms with E-state index in [1.54, 1.807) is 0 Å². The van der Waals surface area contributed by atoms with Gasteiger partial charge in [0, 0.05) is 46.6 Å². The van der Waals surface area contributed by atoms with Crippen molar-refractivity contribution < 1.29 is 4.39 Å². The Morgan fingerprint density at radius 3 is 2.69 bits per heavy atom. The number of hydrogen-bond acceptors (Lipinski definition) is 5. The van der Waals surface area contributed by atoms with E-state index in [4.69, 9.17) is 4.99 Å². The van der Waals surface area contributed by atoms with Crippen LogP contribution in [0, 0.1) is 5.92 Å². The highest BCUT2D eigenvalue weighted by Crippen LogP contribution is 2.45. The van der Waals surface area contributed by atoms with Crippen LogP contribution in [0.1, 0.15) is 63.9 Å². The maximum atomic E-state index is 13.7. The van der Waals surface area contributed by atoms with Gasteiger partial charge in [-0.05, 0) is 45.3 Å². The number of anilines is 1. The van der Waals surface area contributed by atoms with E-state index in [0.717, 1.165) is 40.3 Å². The normalized spacial score (nSPS) is 20.4. The van der Waals surface area contributed by atoms with Crippen molar-refractivity contribution in [2.75, 3.05) is 11.9 Å². The average molecular weight is 394 g/mol. The smallest absolute Gasteiger partial charge is 0.223 e. The van der Waals surface area contributed by atoms with Crippen LogP contribution >= 0.6 is 0 Å². The van der Waals surface area contributed by atoms with E-state index < -0.39 is 5.67 Å². The van der Waals surface area contributed by atoms with Gasteiger partial charge in [-0.15, -0.1) is 0 Å². The predicted molar refractivity (Wildman–Crippen MR) is 116 cm³/mol. The van der Waals surface area contributed by atoms with E-state index in [1.165, 1.54) is 19.4 Å². The van der Waals surface area contributed by atoms with Crippen LogP contribution in [0.15, 0.2) is 29.5 Å². The Morgan fingerprint density at radius 1 is 1.24 bits per heavy atom. The molecule has 4 rings (SSSR count). The molecule has 1 unspecified atom stereocenters. The molecule has 2 aliphatic rings. The third-order valence-electron chi connectivity index (χ3n) is 6.24. The third kappa shape index (κ3) is 3.34. The standard InChI is InChI=1S/C23H28FN5/c1-13(2)23(6)14(3)28-20-18(23)9-15(10-25-20)16-7-8-19-17(16)11-26-21(29-19)27-12-22(4,5)24/h7,9-11,13H,8,12H2,1-6H3,(H,26,27,29). The Hall–Kier alpha value is -2.63. The van der Waals surface area contributed by atoms with E-state index >= 15 is 0 Å². The first-order valence-electron chi connectivity index (χ1n) is 10.2. The van der Waals surface area contributed by atoms with Gasteiger partial charge < -0.3 is 5.32 Å². The number of nitrogens with zero attached hydrogens (tertiary/aromatic N) is 4. The minimum absolute atomic E-state index is 0.107. The molecule has 0 bridgehead atoms. The summed E-state index contributed by atoms with van der Waals surface area (Å²) in [4.78, 5) is 18.4. The molecule has 1 N–H and O–H groups in total. The summed E-state index contributed by atoms with van der Waals surface area (Å²) >= 11 is 0. The van der Waals surface area contributed by atoms with Crippen molar-refractivity contribution in [1.82, 2.24) is 15.0 Å². The molecule has 2 aromatic rings. The number of aromatic nitrogens is 3. The lowest BCUT2D eigenvalue weighted by Gasteiger charge is -2.30. The molecule has 1 atom stereocenters. The number of fused-ring (bicyclic) bond motifs is 2. The number of aliphatic imine (C=N–C) groups is 1. The van der Waals surface area contributed by atoms with Crippen LogP contribution in [0.5, 0.6) is 0 Å². The summed E-state index contributed by atoms with van der Waals surface area (Å²) in [6, 6.07) is 2.22. The summed E-state index contributed by atoms with van der Waals surface area (Å²) in [7, 11) is 0. The number of halogens is 1. The van der Waals surface area contributed by atoms with Gasteiger partial charge in [-0.25, -0.2) is 24.3 Å². The first-order chi connectivity index (χ1) is 13.6. The van der Waals surface area contributed by atoms with Crippen LogP contribution in [0.2, 0.25) is 0 Å². The molecule has 0 amide bonds. The lowest BCUT2D eigenvalue weighted by molar-refractivity contribution is 0.234. The van der Waals surface area contributed by atoms with Gasteiger partial charge >= 0.3 is 0 Å². The van der Waals surface area contributed by atoms with Crippen molar-refractivity contribution >= 4 is 23.1 Å². The molecule has 5 nitrogen and oxygen atoms in total. The van der Waals surface area contributed by atoms with Gasteiger partial charge in [-0.2, -0.15) is 0 Å². The zero-order valence-electron chi connectivity index (χ0n) is 18.0. The van der Waals surface area contributed by atoms with Crippen molar-refractivity contribution in [1.29, 1.82) is 0 Å². The van der Waals surface area contributed by atoms with E-state index in [0.29, 0.717) is 11.9 Å². The molecule has 1 aliphatic carbocycles. The predicted octanol–water partition coefficient (Wildman–Crippen LogP) is 5.04. The van der Waals surface area contributed by atoms with Crippen molar-refractivity contribution in [2.45, 2.75) is 59.0 Å². The molecule has 29 heavy (non-hydrogen) atoms. The Kier molecular flexibility index (Phi) is 4.56. The molecule has 2 aromatic heterocycles. The van der Waals surface area contributed by atoms with E-state index in [-0.39, 0.29) is 12.0 Å². The highest BCUT2D eigenvalue weighted by Gasteiger charge is 2.40. The van der Waals surface area contributed by atoms with Gasteiger partial charge in [-0.1, -0.05) is 19.9 Å². The second-order valence-corrected chi connectivity index (χ2v) is 9.10. The van der Waals surface area contributed by atoms with E-state index in [9.17, 15) is 4.39 Å². The molecular formula is C23H28FN5. The maximum absolute atomic E-state index is 13.7. The molecule has 0 saturated heterocycles. The van der Waals surface area contributed by atoms with Gasteiger partial charge in [0.25, 0.3) is 0 Å². The van der Waals surface area contributed by atoms with Crippen LogP contribution in [-0.4, -0.2) is 32.9 Å². The van der Waals surface area contributed by atoms with Crippen LogP contribution in [0.3, 0.4) is 0 Å². The average Bonchev–Trinajstić information content (AvgIpc) is 3.18. The number of rotatable bonds is 5. The Bertz CT molecular complexity index is 1030. The molecule has 152 valence electrons. The first kappa shape index (κ1) is 19.7. The number of nitrogens with one attached hydrogen (secondary N) is 1. The van der Waals surface area contributed by atoms with Crippen molar-refractivity contribution in [2.24, 2.45) is 10.9 Å². The Labute approximate surface area is 171 Å². The van der Waals surface area contributed by atoms with Crippen LogP contribution in [-0.2, 0) is 11.8 Å². The molecule has 6 heteroatoms. The second kappa shape index (κ2) is 6.71. The molecule has 0 spiro atoms. The SMILES string of the molecule is CC1=Nc2ncc(C3=CCc4nc(NCC(C)(C)F)ncc43)cc2C1(C)C(C)C. The van der Waals surface area contributed by atoms with Gasteiger partial charge in [0.05, 0.1) is 12.2 Å². The topological polar surface area (TPSA) is 63.1 Å². The fourth-order valence-corrected chi connectivity index (χ4v) is 4.03. The fourth-order valence-electron chi connectivity index (χ4n) is 4.03. The van der Waals surface area contributed by atoms with Crippen LogP contribution in [0.25, 0.3) is 5.57 Å². The van der Waals surface area contributed by atoms with Gasteiger partial charge in [0.15, 0.2) is 5.82 Å². The zero-order chi connectivity index (χ0) is 21.0. The van der Waals surface area contributed by atoms with E-state index in [1.807, 2.05) is 12.4 Å². The zero-order valence-corrected chi connectivity index (χ0v) is 18.0. The summed E-state index contributed by atoms with van der Waals surface area (Å²) in [6.45, 7) is 12.0. The monoisotopic (exact) mass is 393 g/mol. The van der Waals surface area contributed by atoms with Crippen molar-refractivity contribution in [3.63, 3.8) is 0 Å². The lowest BCUT2D eigenvalue weighted by Crippen LogP contribution is -2.33. The molecule has 0 fully saturated rings. The molecule has 0 saturated carbocycles. The highest BCUT2D eigenvalue weighted by molar-refractivity contribution is 6.00. The van der Waals surface area contributed by atoms with Gasteiger partial charge in [-0.3, -0.25) is 0 Å². The quantitative estimate of drug-likeness (QED) is 0.773. The highest BCUT2D eigenvalue weighted by atomic mass is 19.1. The fraction of sp³-hybridized carbons (Fsp3) is 0.478. The number of hydrogen-bond donors (Lipinski definition) is 1.